The molecule has 0 spiro atoms. The van der Waals surface area contributed by atoms with Gasteiger partial charge in [-0.15, -0.1) is 0 Å². The van der Waals surface area contributed by atoms with Gasteiger partial charge in [-0.3, -0.25) is 9.80 Å². The summed E-state index contributed by atoms with van der Waals surface area (Å²) in [5.41, 5.74) is 12.1. The molecular weight excluding hydrogens is 560 g/mol. The molecule has 2 N–H and O–H groups in total. The third-order valence-electron chi connectivity index (χ3n) is 12.8. The number of nitrogens with zero attached hydrogens (tertiary/aromatic N) is 2. The molecule has 46 heavy (non-hydrogen) atoms. The molecule has 6 unspecified atom stereocenters. The first kappa shape index (κ1) is 30.3. The molecular formula is C42H54N4. The van der Waals surface area contributed by atoms with Gasteiger partial charge in [-0.1, -0.05) is 82.5 Å². The number of nitrogens with one attached hydrogen (secondary N) is 2. The van der Waals surface area contributed by atoms with Crippen LogP contribution in [0, 0.1) is 23.7 Å². The van der Waals surface area contributed by atoms with E-state index in [2.05, 4.69) is 108 Å². The van der Waals surface area contributed by atoms with Crippen molar-refractivity contribution in [1.29, 1.82) is 0 Å². The predicted octanol–water partition coefficient (Wildman–Crippen LogP) is 9.40. The normalized spacial score (nSPS) is 28.2. The molecule has 4 nitrogen and oxygen atoms in total. The van der Waals surface area contributed by atoms with E-state index in [4.69, 9.17) is 0 Å². The van der Waals surface area contributed by atoms with Crippen LogP contribution in [-0.2, 0) is 12.8 Å². The van der Waals surface area contributed by atoms with Gasteiger partial charge in [0.05, 0.1) is 0 Å². The van der Waals surface area contributed by atoms with Crippen LogP contribution in [-0.4, -0.2) is 58.0 Å². The van der Waals surface area contributed by atoms with Crippen LogP contribution in [0.4, 0.5) is 0 Å². The number of aromatic nitrogens is 2. The molecule has 4 heteroatoms. The van der Waals surface area contributed by atoms with Gasteiger partial charge >= 0.3 is 0 Å². The second kappa shape index (κ2) is 12.5. The smallest absolute Gasteiger partial charge is 0.0462 e. The maximum Gasteiger partial charge on any atom is 0.0462 e. The zero-order valence-corrected chi connectivity index (χ0v) is 28.6. The molecule has 6 aliphatic rings. The largest absolute Gasteiger partial charge is 0.361 e. The van der Waals surface area contributed by atoms with Crippen molar-refractivity contribution in [2.75, 3.05) is 26.2 Å². The summed E-state index contributed by atoms with van der Waals surface area (Å²) in [6.07, 6.45) is 17.1. The number of aromatic amines is 2. The van der Waals surface area contributed by atoms with Crippen LogP contribution >= 0.6 is 0 Å². The quantitative estimate of drug-likeness (QED) is 0.165. The van der Waals surface area contributed by atoms with E-state index in [0.29, 0.717) is 18.0 Å². The highest BCUT2D eigenvalue weighted by Gasteiger charge is 2.44. The van der Waals surface area contributed by atoms with Crippen LogP contribution in [0.2, 0.25) is 0 Å². The summed E-state index contributed by atoms with van der Waals surface area (Å²) in [6.45, 7) is 14.3. The van der Waals surface area contributed by atoms with Crippen LogP contribution in [0.3, 0.4) is 0 Å². The molecule has 4 aromatic rings. The molecule has 2 aromatic carbocycles. The number of H-pyrrole nitrogens is 2. The van der Waals surface area contributed by atoms with Gasteiger partial charge in [0.1, 0.15) is 0 Å². The summed E-state index contributed by atoms with van der Waals surface area (Å²) in [5, 5.41) is 2.81. The molecule has 2 fully saturated rings. The van der Waals surface area contributed by atoms with E-state index in [1.54, 1.807) is 16.7 Å². The summed E-state index contributed by atoms with van der Waals surface area (Å²) < 4.78 is 0. The molecule has 0 saturated carbocycles. The lowest BCUT2D eigenvalue weighted by atomic mass is 9.65. The van der Waals surface area contributed by atoms with Gasteiger partial charge in [-0.25, -0.2) is 0 Å². The van der Waals surface area contributed by atoms with E-state index >= 15 is 0 Å². The fraction of sp³-hybridized carbons (Fsp3) is 0.524. The Kier molecular flexibility index (Phi) is 8.23. The van der Waals surface area contributed by atoms with E-state index in [0.717, 1.165) is 43.6 Å². The number of para-hydroxylation sites is 1. The van der Waals surface area contributed by atoms with Crippen LogP contribution in [0.25, 0.3) is 27.4 Å². The molecule has 10 rings (SSSR count). The average Bonchev–Trinajstić information content (AvgIpc) is 3.72. The third-order valence-corrected chi connectivity index (χ3v) is 12.8. The Morgan fingerprint density at radius 3 is 2.15 bits per heavy atom. The zero-order valence-electron chi connectivity index (χ0n) is 28.6. The molecule has 4 bridgehead atoms. The average molecular weight is 615 g/mol. The Balaban J connectivity index is 1.01. The highest BCUT2D eigenvalue weighted by Crippen LogP contribution is 2.49. The second-order valence-electron chi connectivity index (χ2n) is 14.9. The fourth-order valence-electron chi connectivity index (χ4n) is 10.5. The molecule has 242 valence electrons. The van der Waals surface area contributed by atoms with Crippen LogP contribution < -0.4 is 0 Å². The molecule has 2 saturated heterocycles. The molecule has 0 radical (unpaired) electrons. The first-order chi connectivity index (χ1) is 22.6. The van der Waals surface area contributed by atoms with Crippen molar-refractivity contribution in [2.24, 2.45) is 23.7 Å². The van der Waals surface area contributed by atoms with E-state index in [1.165, 1.54) is 90.2 Å². The van der Waals surface area contributed by atoms with Gasteiger partial charge < -0.3 is 9.97 Å². The summed E-state index contributed by atoms with van der Waals surface area (Å²) in [5.74, 6) is 3.01. The number of piperidine rings is 2. The maximum absolute atomic E-state index is 3.72. The molecule has 6 heterocycles. The number of hydrogen-bond acceptors (Lipinski definition) is 2. The van der Waals surface area contributed by atoms with Crippen molar-refractivity contribution >= 4 is 27.4 Å². The summed E-state index contributed by atoms with van der Waals surface area (Å²) in [7, 11) is 0. The molecule has 4 aliphatic heterocycles. The number of benzene rings is 2. The SMILES string of the molecule is CCC1=CC2C(CC)CC1CN2CCc1c[nH]c2cc(C3=C(CC)C4C(CC)CC3CN4CCc3c[nH]c4ccccc34)ccc12. The van der Waals surface area contributed by atoms with E-state index in [-0.39, 0.29) is 0 Å². The summed E-state index contributed by atoms with van der Waals surface area (Å²) in [6, 6.07) is 17.4. The Labute approximate surface area is 276 Å². The van der Waals surface area contributed by atoms with E-state index in [1.807, 2.05) is 0 Å². The Hall–Kier alpha value is -3.08. The van der Waals surface area contributed by atoms with Crippen molar-refractivity contribution in [3.05, 3.63) is 88.8 Å². The zero-order chi connectivity index (χ0) is 31.4. The van der Waals surface area contributed by atoms with Gasteiger partial charge in [-0.2, -0.15) is 0 Å². The maximum atomic E-state index is 3.72. The van der Waals surface area contributed by atoms with Gasteiger partial charge in [-0.05, 0) is 102 Å². The number of rotatable bonds is 11. The summed E-state index contributed by atoms with van der Waals surface area (Å²) in [4.78, 5) is 12.9. The van der Waals surface area contributed by atoms with Gasteiger partial charge in [0.15, 0.2) is 0 Å². The Bertz CT molecular complexity index is 1770. The van der Waals surface area contributed by atoms with Crippen molar-refractivity contribution in [3.63, 3.8) is 0 Å². The van der Waals surface area contributed by atoms with Gasteiger partial charge in [0, 0.05) is 72.5 Å². The Morgan fingerprint density at radius 2 is 1.41 bits per heavy atom. The predicted molar refractivity (Wildman–Crippen MR) is 194 cm³/mol. The monoisotopic (exact) mass is 614 g/mol. The Morgan fingerprint density at radius 1 is 0.717 bits per heavy atom. The van der Waals surface area contributed by atoms with E-state index in [9.17, 15) is 0 Å². The molecule has 2 aromatic heterocycles. The van der Waals surface area contributed by atoms with Crippen molar-refractivity contribution in [2.45, 2.75) is 91.1 Å². The lowest BCUT2D eigenvalue weighted by molar-refractivity contribution is 0.0746. The lowest BCUT2D eigenvalue weighted by Crippen LogP contribution is -2.54. The fourth-order valence-corrected chi connectivity index (χ4v) is 10.5. The minimum absolute atomic E-state index is 0.573. The minimum atomic E-state index is 0.573. The highest BCUT2D eigenvalue weighted by molar-refractivity contribution is 5.88. The third kappa shape index (κ3) is 5.11. The molecule has 2 aliphatic carbocycles. The van der Waals surface area contributed by atoms with Crippen LogP contribution in [0.1, 0.15) is 82.9 Å². The first-order valence-corrected chi connectivity index (χ1v) is 18.7. The highest BCUT2D eigenvalue weighted by atomic mass is 15.2. The molecule has 0 amide bonds. The lowest BCUT2D eigenvalue weighted by Gasteiger charge is -2.52. The number of hydrogen-bond donors (Lipinski definition) is 2. The summed E-state index contributed by atoms with van der Waals surface area (Å²) >= 11 is 0. The van der Waals surface area contributed by atoms with Crippen LogP contribution in [0.5, 0.6) is 0 Å². The number of fused-ring (bicyclic) bond motifs is 6. The standard InChI is InChI=1S/C42H54N4/c1-5-27-22-40-28(6-2)19-33(27)25-45(40)17-15-32-24-44-39-21-30(13-14-37(32)39)41-34-20-29(7-3)42(35(41)8-4)46(26-34)18-16-31-23-43-38-12-10-9-11-36(31)38/h9-14,21-24,28-29,33-34,40,42-44H,5-8,15-20,25-26H2,1-4H3. The van der Waals surface area contributed by atoms with Gasteiger partial charge in [0.2, 0.25) is 0 Å². The van der Waals surface area contributed by atoms with Crippen molar-refractivity contribution < 1.29 is 0 Å². The molecule has 6 atom stereocenters. The first-order valence-electron chi connectivity index (χ1n) is 18.7. The van der Waals surface area contributed by atoms with Gasteiger partial charge in [0.25, 0.3) is 0 Å². The topological polar surface area (TPSA) is 38.1 Å². The van der Waals surface area contributed by atoms with Crippen LogP contribution in [0.15, 0.2) is 72.1 Å². The minimum Gasteiger partial charge on any atom is -0.361 e. The van der Waals surface area contributed by atoms with Crippen molar-refractivity contribution in [3.8, 4) is 0 Å². The van der Waals surface area contributed by atoms with Crippen molar-refractivity contribution in [1.82, 2.24) is 19.8 Å². The second-order valence-corrected chi connectivity index (χ2v) is 14.9. The van der Waals surface area contributed by atoms with E-state index < -0.39 is 0 Å².